The minimum atomic E-state index is -0.371. The molecular weight excluding hydrogens is 130 g/mol. The molecule has 1 aromatic carbocycles. The van der Waals surface area contributed by atoms with Crippen molar-refractivity contribution in [3.05, 3.63) is 30.1 Å². The fourth-order valence-electron chi connectivity index (χ4n) is 0.435. The van der Waals surface area contributed by atoms with Gasteiger partial charge in [0.25, 0.3) is 0 Å². The Kier molecular flexibility index (Phi) is 3.86. The standard InChI is InChI=1S/C6H5FO.Na/c7-5-1-3-6(8)4-2-5;/h1-4,8H;/q;+1/p-1. The van der Waals surface area contributed by atoms with Gasteiger partial charge in [-0.3, -0.25) is 0 Å². The van der Waals surface area contributed by atoms with E-state index in [0.717, 1.165) is 12.1 Å². The van der Waals surface area contributed by atoms with Crippen molar-refractivity contribution < 1.29 is 39.1 Å². The van der Waals surface area contributed by atoms with Crippen LogP contribution in [0.2, 0.25) is 0 Å². The average molecular weight is 134 g/mol. The van der Waals surface area contributed by atoms with E-state index in [1.54, 1.807) is 0 Å². The second-order valence-corrected chi connectivity index (χ2v) is 1.45. The van der Waals surface area contributed by atoms with E-state index in [1.165, 1.54) is 12.1 Å². The zero-order chi connectivity index (χ0) is 5.98. The van der Waals surface area contributed by atoms with Gasteiger partial charge in [0, 0.05) is 0 Å². The topological polar surface area (TPSA) is 23.1 Å². The van der Waals surface area contributed by atoms with Gasteiger partial charge < -0.3 is 5.11 Å². The van der Waals surface area contributed by atoms with Crippen LogP contribution < -0.4 is 34.7 Å². The number of hydrogen-bond donors (Lipinski definition) is 0. The molecule has 1 aromatic rings. The molecule has 0 aliphatic rings. The van der Waals surface area contributed by atoms with Crippen LogP contribution in [0.1, 0.15) is 0 Å². The molecule has 0 aliphatic heterocycles. The van der Waals surface area contributed by atoms with E-state index < -0.39 is 0 Å². The first-order chi connectivity index (χ1) is 3.79. The van der Waals surface area contributed by atoms with Crippen LogP contribution in [-0.2, 0) is 0 Å². The summed E-state index contributed by atoms with van der Waals surface area (Å²) in [6.45, 7) is 0. The minimum Gasteiger partial charge on any atom is -0.872 e. The number of benzene rings is 1. The van der Waals surface area contributed by atoms with Crippen LogP contribution in [0.4, 0.5) is 4.39 Å². The van der Waals surface area contributed by atoms with Crippen LogP contribution in [0, 0.1) is 5.82 Å². The van der Waals surface area contributed by atoms with Crippen LogP contribution in [0.15, 0.2) is 24.3 Å². The molecule has 0 bridgehead atoms. The molecule has 3 heteroatoms. The van der Waals surface area contributed by atoms with Crippen molar-refractivity contribution in [1.82, 2.24) is 0 Å². The van der Waals surface area contributed by atoms with Gasteiger partial charge in [-0.15, -0.1) is 5.75 Å². The first-order valence-electron chi connectivity index (χ1n) is 2.21. The molecule has 0 aliphatic carbocycles. The van der Waals surface area contributed by atoms with Crippen molar-refractivity contribution in [2.75, 3.05) is 0 Å². The molecule has 0 spiro atoms. The molecule has 0 saturated carbocycles. The van der Waals surface area contributed by atoms with Crippen molar-refractivity contribution in [3.8, 4) is 5.75 Å². The van der Waals surface area contributed by atoms with E-state index in [-0.39, 0.29) is 41.1 Å². The predicted molar refractivity (Wildman–Crippen MR) is 25.8 cm³/mol. The monoisotopic (exact) mass is 134 g/mol. The van der Waals surface area contributed by atoms with E-state index in [0.29, 0.717) is 0 Å². The number of rotatable bonds is 0. The summed E-state index contributed by atoms with van der Waals surface area (Å²) >= 11 is 0. The van der Waals surface area contributed by atoms with Gasteiger partial charge in [-0.1, -0.05) is 12.1 Å². The van der Waals surface area contributed by atoms with Gasteiger partial charge in [0.2, 0.25) is 0 Å². The maximum atomic E-state index is 11.9. The average Bonchev–Trinajstić information content (AvgIpc) is 1.77. The summed E-state index contributed by atoms with van der Waals surface area (Å²) in [7, 11) is 0. The van der Waals surface area contributed by atoms with Gasteiger partial charge >= 0.3 is 29.6 Å². The zero-order valence-corrected chi connectivity index (χ0v) is 7.10. The Balaban J connectivity index is 0.000000640. The minimum absolute atomic E-state index is 0. The molecule has 0 N–H and O–H groups in total. The molecule has 0 saturated heterocycles. The zero-order valence-electron chi connectivity index (χ0n) is 5.10. The van der Waals surface area contributed by atoms with Crippen molar-refractivity contribution >= 4 is 0 Å². The van der Waals surface area contributed by atoms with E-state index in [4.69, 9.17) is 0 Å². The fraction of sp³-hybridized carbons (Fsp3) is 0. The normalized spacial score (nSPS) is 8.11. The van der Waals surface area contributed by atoms with Crippen LogP contribution in [0.5, 0.6) is 5.75 Å². The fourth-order valence-corrected chi connectivity index (χ4v) is 0.435. The molecular formula is C6H4FNaO. The van der Waals surface area contributed by atoms with E-state index in [9.17, 15) is 9.50 Å². The maximum Gasteiger partial charge on any atom is 1.00 e. The molecule has 1 rings (SSSR count). The summed E-state index contributed by atoms with van der Waals surface area (Å²) in [6, 6.07) is 4.66. The van der Waals surface area contributed by atoms with Gasteiger partial charge in [-0.2, -0.15) is 0 Å². The largest absolute Gasteiger partial charge is 1.00 e. The SMILES string of the molecule is [Na+].[O-]c1ccc(F)cc1. The van der Waals surface area contributed by atoms with Crippen LogP contribution >= 0.6 is 0 Å². The molecule has 0 atom stereocenters. The third-order valence-electron chi connectivity index (χ3n) is 0.814. The Morgan fingerprint density at radius 1 is 1.11 bits per heavy atom. The smallest absolute Gasteiger partial charge is 0.872 e. The summed E-state index contributed by atoms with van der Waals surface area (Å²) in [6.07, 6.45) is 0. The summed E-state index contributed by atoms with van der Waals surface area (Å²) in [5.41, 5.74) is 0. The Hall–Kier alpha value is -0.0500. The Morgan fingerprint density at radius 3 is 1.89 bits per heavy atom. The van der Waals surface area contributed by atoms with Crippen LogP contribution in [0.25, 0.3) is 0 Å². The summed E-state index contributed by atoms with van der Waals surface area (Å²) in [4.78, 5) is 0. The first kappa shape index (κ1) is 8.95. The first-order valence-corrected chi connectivity index (χ1v) is 2.21. The third kappa shape index (κ3) is 2.84. The summed E-state index contributed by atoms with van der Waals surface area (Å²) in [5.74, 6) is -0.531. The third-order valence-corrected chi connectivity index (χ3v) is 0.814. The summed E-state index contributed by atoms with van der Waals surface area (Å²) in [5, 5.41) is 10.3. The van der Waals surface area contributed by atoms with Gasteiger partial charge in [0.05, 0.1) is 0 Å². The maximum absolute atomic E-state index is 11.9. The van der Waals surface area contributed by atoms with E-state index in [2.05, 4.69) is 0 Å². The molecule has 0 fully saturated rings. The molecule has 0 unspecified atom stereocenters. The van der Waals surface area contributed by atoms with Crippen LogP contribution in [-0.4, -0.2) is 0 Å². The summed E-state index contributed by atoms with van der Waals surface area (Å²) < 4.78 is 11.9. The quantitative estimate of drug-likeness (QED) is 0.373. The predicted octanol–water partition coefficient (Wildman–Crippen LogP) is -2.10. The Morgan fingerprint density at radius 2 is 1.56 bits per heavy atom. The Bertz CT molecular complexity index is 152. The van der Waals surface area contributed by atoms with E-state index >= 15 is 0 Å². The number of halogens is 1. The van der Waals surface area contributed by atoms with Gasteiger partial charge in [0.1, 0.15) is 5.82 Å². The molecule has 0 aromatic heterocycles. The molecule has 0 amide bonds. The molecule has 0 heterocycles. The van der Waals surface area contributed by atoms with Gasteiger partial charge in [0.15, 0.2) is 0 Å². The van der Waals surface area contributed by atoms with Crippen LogP contribution in [0.3, 0.4) is 0 Å². The Labute approximate surface area is 74.8 Å². The van der Waals surface area contributed by atoms with Gasteiger partial charge in [-0.05, 0) is 12.1 Å². The van der Waals surface area contributed by atoms with Crippen molar-refractivity contribution in [2.24, 2.45) is 0 Å². The second-order valence-electron chi connectivity index (χ2n) is 1.45. The van der Waals surface area contributed by atoms with Gasteiger partial charge in [-0.25, -0.2) is 4.39 Å². The molecule has 0 radical (unpaired) electrons. The molecule has 42 valence electrons. The van der Waals surface area contributed by atoms with Crippen molar-refractivity contribution in [2.45, 2.75) is 0 Å². The van der Waals surface area contributed by atoms with Crippen molar-refractivity contribution in [1.29, 1.82) is 0 Å². The molecule has 1 nitrogen and oxygen atoms in total. The molecule has 9 heavy (non-hydrogen) atoms. The second kappa shape index (κ2) is 3.88. The number of hydrogen-bond acceptors (Lipinski definition) is 1. The van der Waals surface area contributed by atoms with Crippen molar-refractivity contribution in [3.63, 3.8) is 0 Å². The van der Waals surface area contributed by atoms with E-state index in [1.807, 2.05) is 0 Å².